The van der Waals surface area contributed by atoms with E-state index in [-0.39, 0.29) is 11.4 Å². The van der Waals surface area contributed by atoms with Crippen LogP contribution in [0.2, 0.25) is 0 Å². The summed E-state index contributed by atoms with van der Waals surface area (Å²) in [6, 6.07) is 4.37. The highest BCUT2D eigenvalue weighted by atomic mass is 35.5. The van der Waals surface area contributed by atoms with Crippen molar-refractivity contribution in [3.63, 3.8) is 0 Å². The van der Waals surface area contributed by atoms with E-state index in [0.717, 1.165) is 0 Å². The molecule has 0 radical (unpaired) electrons. The van der Waals surface area contributed by atoms with E-state index < -0.39 is 23.7 Å². The summed E-state index contributed by atoms with van der Waals surface area (Å²) in [5.41, 5.74) is 5.10. The molecule has 1 atom stereocenters. The van der Waals surface area contributed by atoms with Crippen molar-refractivity contribution in [1.82, 2.24) is 5.32 Å². The Balaban J connectivity index is 2.99. The van der Waals surface area contributed by atoms with Crippen LogP contribution < -0.4 is 11.1 Å². The van der Waals surface area contributed by atoms with Gasteiger partial charge in [-0.2, -0.15) is 0 Å². The summed E-state index contributed by atoms with van der Waals surface area (Å²) in [5.74, 6) is -2.36. The summed E-state index contributed by atoms with van der Waals surface area (Å²) in [4.78, 5) is 22.1. The third kappa shape index (κ3) is 2.93. The Morgan fingerprint density at radius 3 is 2.56 bits per heavy atom. The lowest BCUT2D eigenvalue weighted by molar-refractivity contribution is -0.126. The summed E-state index contributed by atoms with van der Waals surface area (Å²) in [6.45, 7) is 0. The Hall–Kier alpha value is -1.62. The molecule has 1 rings (SSSR count). The lowest BCUT2D eigenvalue weighted by atomic mass is 10.1. The number of primary amides is 1. The van der Waals surface area contributed by atoms with Crippen molar-refractivity contribution in [2.24, 2.45) is 5.73 Å². The molecule has 2 amide bonds. The maximum absolute atomic E-state index is 13.4. The zero-order chi connectivity index (χ0) is 12.1. The zero-order valence-electron chi connectivity index (χ0n) is 8.24. The predicted octanol–water partition coefficient (Wildman–Crippen LogP) is 0.707. The highest BCUT2D eigenvalue weighted by Gasteiger charge is 2.22. The number of benzene rings is 1. The molecular formula is C10H10ClFN2O2. The molecule has 1 aromatic carbocycles. The first kappa shape index (κ1) is 12.4. The molecule has 0 aliphatic carbocycles. The third-order valence-corrected chi connectivity index (χ3v) is 2.17. The van der Waals surface area contributed by atoms with E-state index in [1.807, 2.05) is 0 Å². The van der Waals surface area contributed by atoms with E-state index in [2.05, 4.69) is 5.32 Å². The lowest BCUT2D eigenvalue weighted by Gasteiger charge is -2.15. The molecule has 0 heterocycles. The SMILES string of the molecule is NC(=O)C(NC(=O)CCl)c1ccccc1F. The van der Waals surface area contributed by atoms with Gasteiger partial charge in [0.1, 0.15) is 17.7 Å². The summed E-state index contributed by atoms with van der Waals surface area (Å²) in [5, 5.41) is 2.24. The third-order valence-electron chi connectivity index (χ3n) is 1.93. The van der Waals surface area contributed by atoms with Crippen molar-refractivity contribution >= 4 is 23.4 Å². The molecule has 6 heteroatoms. The fourth-order valence-electron chi connectivity index (χ4n) is 1.21. The average Bonchev–Trinajstić information content (AvgIpc) is 2.26. The number of hydrogen-bond acceptors (Lipinski definition) is 2. The molecule has 0 aromatic heterocycles. The van der Waals surface area contributed by atoms with Gasteiger partial charge in [-0.1, -0.05) is 18.2 Å². The minimum Gasteiger partial charge on any atom is -0.368 e. The molecule has 0 spiro atoms. The van der Waals surface area contributed by atoms with Crippen LogP contribution in [0.25, 0.3) is 0 Å². The molecule has 0 fully saturated rings. The van der Waals surface area contributed by atoms with Crippen LogP contribution in [0.4, 0.5) is 4.39 Å². The van der Waals surface area contributed by atoms with Gasteiger partial charge in [0.15, 0.2) is 0 Å². The molecule has 0 aliphatic heterocycles. The number of hydrogen-bond donors (Lipinski definition) is 2. The Bertz CT molecular complexity index is 412. The van der Waals surface area contributed by atoms with Crippen molar-refractivity contribution in [3.05, 3.63) is 35.6 Å². The van der Waals surface area contributed by atoms with Crippen LogP contribution in [0.5, 0.6) is 0 Å². The largest absolute Gasteiger partial charge is 0.368 e. The van der Waals surface area contributed by atoms with Crippen molar-refractivity contribution in [1.29, 1.82) is 0 Å². The van der Waals surface area contributed by atoms with Crippen molar-refractivity contribution in [3.8, 4) is 0 Å². The van der Waals surface area contributed by atoms with Gasteiger partial charge >= 0.3 is 0 Å². The Morgan fingerprint density at radius 1 is 1.44 bits per heavy atom. The first-order valence-electron chi connectivity index (χ1n) is 4.45. The summed E-state index contributed by atoms with van der Waals surface area (Å²) in [7, 11) is 0. The quantitative estimate of drug-likeness (QED) is 0.766. The van der Waals surface area contributed by atoms with Crippen LogP contribution in [0.1, 0.15) is 11.6 Å². The van der Waals surface area contributed by atoms with Gasteiger partial charge in [0, 0.05) is 5.56 Å². The minimum atomic E-state index is -1.20. The van der Waals surface area contributed by atoms with Crippen molar-refractivity contribution < 1.29 is 14.0 Å². The van der Waals surface area contributed by atoms with E-state index >= 15 is 0 Å². The number of carbonyl (C=O) groups is 2. The maximum Gasteiger partial charge on any atom is 0.244 e. The van der Waals surface area contributed by atoms with Gasteiger partial charge in [0.25, 0.3) is 0 Å². The molecule has 0 saturated heterocycles. The lowest BCUT2D eigenvalue weighted by Crippen LogP contribution is -2.38. The minimum absolute atomic E-state index is 0.0217. The Morgan fingerprint density at radius 2 is 2.06 bits per heavy atom. The molecule has 1 aromatic rings. The van der Waals surface area contributed by atoms with Gasteiger partial charge in [-0.25, -0.2) is 4.39 Å². The second kappa shape index (κ2) is 5.46. The van der Waals surface area contributed by atoms with Gasteiger partial charge in [-0.05, 0) is 6.07 Å². The number of carbonyl (C=O) groups excluding carboxylic acids is 2. The van der Waals surface area contributed by atoms with Crippen LogP contribution in [0.3, 0.4) is 0 Å². The maximum atomic E-state index is 13.4. The second-order valence-electron chi connectivity index (χ2n) is 3.06. The summed E-state index contributed by atoms with van der Waals surface area (Å²) < 4.78 is 13.4. The number of rotatable bonds is 4. The molecule has 4 nitrogen and oxygen atoms in total. The van der Waals surface area contributed by atoms with Crippen molar-refractivity contribution in [2.75, 3.05) is 5.88 Å². The molecule has 86 valence electrons. The average molecular weight is 245 g/mol. The Labute approximate surface area is 96.6 Å². The summed E-state index contributed by atoms with van der Waals surface area (Å²) in [6.07, 6.45) is 0. The number of nitrogens with one attached hydrogen (secondary N) is 1. The molecule has 0 bridgehead atoms. The zero-order valence-corrected chi connectivity index (χ0v) is 9.00. The highest BCUT2D eigenvalue weighted by molar-refractivity contribution is 6.27. The van der Waals surface area contributed by atoms with Gasteiger partial charge in [-0.3, -0.25) is 9.59 Å². The monoisotopic (exact) mass is 244 g/mol. The number of nitrogens with two attached hydrogens (primary N) is 1. The first-order valence-corrected chi connectivity index (χ1v) is 4.98. The second-order valence-corrected chi connectivity index (χ2v) is 3.33. The molecule has 0 saturated carbocycles. The summed E-state index contributed by atoms with van der Waals surface area (Å²) >= 11 is 5.27. The molecule has 3 N–H and O–H groups in total. The van der Waals surface area contributed by atoms with E-state index in [1.54, 1.807) is 6.07 Å². The number of halogens is 2. The topological polar surface area (TPSA) is 72.2 Å². The highest BCUT2D eigenvalue weighted by Crippen LogP contribution is 2.16. The van der Waals surface area contributed by atoms with Crippen LogP contribution in [0, 0.1) is 5.82 Å². The predicted molar refractivity (Wildman–Crippen MR) is 57.2 cm³/mol. The van der Waals surface area contributed by atoms with Gasteiger partial charge in [-0.15, -0.1) is 11.6 Å². The van der Waals surface area contributed by atoms with Crippen LogP contribution in [-0.2, 0) is 9.59 Å². The molecule has 1 unspecified atom stereocenters. The van der Waals surface area contributed by atoms with Crippen LogP contribution >= 0.6 is 11.6 Å². The first-order chi connectivity index (χ1) is 7.56. The number of amides is 2. The van der Waals surface area contributed by atoms with E-state index in [0.29, 0.717) is 0 Å². The van der Waals surface area contributed by atoms with Gasteiger partial charge in [0.05, 0.1) is 0 Å². The van der Waals surface area contributed by atoms with E-state index in [9.17, 15) is 14.0 Å². The van der Waals surface area contributed by atoms with E-state index in [1.165, 1.54) is 18.2 Å². The molecule has 16 heavy (non-hydrogen) atoms. The van der Waals surface area contributed by atoms with Crippen LogP contribution in [0.15, 0.2) is 24.3 Å². The van der Waals surface area contributed by atoms with Crippen molar-refractivity contribution in [2.45, 2.75) is 6.04 Å². The smallest absolute Gasteiger partial charge is 0.244 e. The van der Waals surface area contributed by atoms with Gasteiger partial charge in [0.2, 0.25) is 11.8 Å². The normalized spacial score (nSPS) is 11.9. The number of alkyl halides is 1. The molecule has 0 aliphatic rings. The Kier molecular flexibility index (Phi) is 4.25. The van der Waals surface area contributed by atoms with Gasteiger partial charge < -0.3 is 11.1 Å². The van der Waals surface area contributed by atoms with Crippen LogP contribution in [-0.4, -0.2) is 17.7 Å². The fourth-order valence-corrected chi connectivity index (χ4v) is 1.29. The molecular weight excluding hydrogens is 235 g/mol. The standard InChI is InChI=1S/C10H10ClFN2O2/c11-5-8(15)14-9(10(13)16)6-3-1-2-4-7(6)12/h1-4,9H,5H2,(H2,13,16)(H,14,15). The van der Waals surface area contributed by atoms with E-state index in [4.69, 9.17) is 17.3 Å². The fraction of sp³-hybridized carbons (Fsp3) is 0.200.